The molecule has 6 heteroatoms. The van der Waals surface area contributed by atoms with Gasteiger partial charge in [0.1, 0.15) is 11.6 Å². The van der Waals surface area contributed by atoms with Gasteiger partial charge in [0.15, 0.2) is 0 Å². The van der Waals surface area contributed by atoms with Gasteiger partial charge in [-0.2, -0.15) is 0 Å². The van der Waals surface area contributed by atoms with Crippen LogP contribution in [0.25, 0.3) is 10.9 Å². The number of hydrogen-bond acceptors (Lipinski definition) is 3. The van der Waals surface area contributed by atoms with Gasteiger partial charge in [-0.15, -0.1) is 10.2 Å². The predicted molar refractivity (Wildman–Crippen MR) is 91.6 cm³/mol. The fourth-order valence-corrected chi connectivity index (χ4v) is 3.60. The highest BCUT2D eigenvalue weighted by Gasteiger charge is 2.23. The van der Waals surface area contributed by atoms with E-state index in [1.54, 1.807) is 0 Å². The molecule has 0 bridgehead atoms. The van der Waals surface area contributed by atoms with E-state index in [-0.39, 0.29) is 11.9 Å². The average Bonchev–Trinajstić information content (AvgIpc) is 3.09. The molecule has 1 aliphatic rings. The molecule has 1 N–H and O–H groups in total. The Hall–Kier alpha value is -2.63. The molecule has 6 nitrogen and oxygen atoms in total. The van der Waals surface area contributed by atoms with Crippen LogP contribution in [0, 0.1) is 6.92 Å². The zero-order chi connectivity index (χ0) is 16.7. The molecular weight excluding hydrogens is 302 g/mol. The molecule has 0 fully saturated rings. The zero-order valence-corrected chi connectivity index (χ0v) is 14.0. The first-order valence-corrected chi connectivity index (χ1v) is 8.33. The van der Waals surface area contributed by atoms with E-state index in [1.165, 1.54) is 0 Å². The first kappa shape index (κ1) is 14.9. The van der Waals surface area contributed by atoms with Crippen molar-refractivity contribution in [2.75, 3.05) is 0 Å². The standard InChI is InChI=1S/C18H21N5O/c1-12-20-21-17-8-7-14(11-23(12)17)19-18(24)9-13-10-22(2)16-6-4-3-5-15(13)16/h3-6,10,14H,7-9,11H2,1-2H3,(H,19,24). The number of hydrogen-bond donors (Lipinski definition) is 1. The number of amides is 1. The van der Waals surface area contributed by atoms with Gasteiger partial charge >= 0.3 is 0 Å². The largest absolute Gasteiger partial charge is 0.351 e. The molecule has 0 radical (unpaired) electrons. The highest BCUT2D eigenvalue weighted by molar-refractivity contribution is 5.89. The summed E-state index contributed by atoms with van der Waals surface area (Å²) in [5.41, 5.74) is 2.23. The van der Waals surface area contributed by atoms with Crippen LogP contribution < -0.4 is 5.32 Å². The van der Waals surface area contributed by atoms with E-state index in [4.69, 9.17) is 0 Å². The molecule has 0 saturated heterocycles. The summed E-state index contributed by atoms with van der Waals surface area (Å²) in [6, 6.07) is 8.34. The summed E-state index contributed by atoms with van der Waals surface area (Å²) >= 11 is 0. The summed E-state index contributed by atoms with van der Waals surface area (Å²) in [5.74, 6) is 2.01. The van der Waals surface area contributed by atoms with Crippen molar-refractivity contribution in [2.24, 2.45) is 7.05 Å². The summed E-state index contributed by atoms with van der Waals surface area (Å²) in [5, 5.41) is 12.6. The van der Waals surface area contributed by atoms with Crippen LogP contribution in [0.2, 0.25) is 0 Å². The number of aromatic nitrogens is 4. The number of aryl methyl sites for hydroxylation is 3. The lowest BCUT2D eigenvalue weighted by atomic mass is 10.1. The van der Waals surface area contributed by atoms with Crippen molar-refractivity contribution in [2.45, 2.75) is 38.8 Å². The number of nitrogens with one attached hydrogen (secondary N) is 1. The smallest absolute Gasteiger partial charge is 0.224 e. The van der Waals surface area contributed by atoms with Gasteiger partial charge in [0.2, 0.25) is 5.91 Å². The molecule has 0 aliphatic carbocycles. The maximum absolute atomic E-state index is 12.5. The summed E-state index contributed by atoms with van der Waals surface area (Å²) in [7, 11) is 2.02. The van der Waals surface area contributed by atoms with E-state index in [0.717, 1.165) is 47.5 Å². The van der Waals surface area contributed by atoms with Crippen LogP contribution in [0.3, 0.4) is 0 Å². The van der Waals surface area contributed by atoms with Crippen molar-refractivity contribution >= 4 is 16.8 Å². The van der Waals surface area contributed by atoms with Crippen molar-refractivity contribution in [3.8, 4) is 0 Å². The zero-order valence-electron chi connectivity index (χ0n) is 14.0. The predicted octanol–water partition coefficient (Wildman–Crippen LogP) is 1.75. The lowest BCUT2D eigenvalue weighted by molar-refractivity contribution is -0.121. The molecule has 3 heterocycles. The third-order valence-corrected chi connectivity index (χ3v) is 4.83. The Kier molecular flexibility index (Phi) is 3.59. The van der Waals surface area contributed by atoms with Crippen molar-refractivity contribution in [1.82, 2.24) is 24.6 Å². The van der Waals surface area contributed by atoms with Crippen molar-refractivity contribution in [3.63, 3.8) is 0 Å². The highest BCUT2D eigenvalue weighted by Crippen LogP contribution is 2.21. The summed E-state index contributed by atoms with van der Waals surface area (Å²) in [4.78, 5) is 12.5. The molecule has 24 heavy (non-hydrogen) atoms. The van der Waals surface area contributed by atoms with Crippen molar-refractivity contribution in [3.05, 3.63) is 47.7 Å². The summed E-state index contributed by atoms with van der Waals surface area (Å²) < 4.78 is 4.18. The molecule has 0 saturated carbocycles. The molecule has 0 spiro atoms. The number of benzene rings is 1. The number of carbonyl (C=O) groups is 1. The van der Waals surface area contributed by atoms with E-state index in [0.29, 0.717) is 6.42 Å². The third-order valence-electron chi connectivity index (χ3n) is 4.83. The van der Waals surface area contributed by atoms with Crippen LogP contribution in [0.4, 0.5) is 0 Å². The first-order chi connectivity index (χ1) is 11.6. The second kappa shape index (κ2) is 5.78. The van der Waals surface area contributed by atoms with Crippen LogP contribution in [0.5, 0.6) is 0 Å². The van der Waals surface area contributed by atoms with Crippen molar-refractivity contribution in [1.29, 1.82) is 0 Å². The Morgan fingerprint density at radius 3 is 3.04 bits per heavy atom. The Labute approximate surface area is 140 Å². The van der Waals surface area contributed by atoms with E-state index < -0.39 is 0 Å². The van der Waals surface area contributed by atoms with E-state index in [2.05, 4.69) is 36.8 Å². The molecule has 4 rings (SSSR count). The normalized spacial score (nSPS) is 17.0. The van der Waals surface area contributed by atoms with E-state index in [9.17, 15) is 4.79 Å². The molecule has 1 aromatic carbocycles. The monoisotopic (exact) mass is 323 g/mol. The number of carbonyl (C=O) groups excluding carboxylic acids is 1. The number of rotatable bonds is 3. The Balaban J connectivity index is 1.46. The highest BCUT2D eigenvalue weighted by atomic mass is 16.1. The number of para-hydroxylation sites is 1. The molecule has 1 unspecified atom stereocenters. The lowest BCUT2D eigenvalue weighted by Crippen LogP contribution is -2.41. The third kappa shape index (κ3) is 2.58. The van der Waals surface area contributed by atoms with Gasteiger partial charge in [-0.1, -0.05) is 18.2 Å². The molecule has 1 aliphatic heterocycles. The molecule has 1 atom stereocenters. The van der Waals surface area contributed by atoms with Gasteiger partial charge in [-0.3, -0.25) is 4.79 Å². The Morgan fingerprint density at radius 2 is 2.17 bits per heavy atom. The Morgan fingerprint density at radius 1 is 1.33 bits per heavy atom. The van der Waals surface area contributed by atoms with Gasteiger partial charge in [0.25, 0.3) is 0 Å². The van der Waals surface area contributed by atoms with E-state index in [1.807, 2.05) is 32.3 Å². The maximum Gasteiger partial charge on any atom is 0.224 e. The number of fused-ring (bicyclic) bond motifs is 2. The molecule has 124 valence electrons. The quantitative estimate of drug-likeness (QED) is 0.799. The molecular formula is C18H21N5O. The minimum absolute atomic E-state index is 0.0746. The summed E-state index contributed by atoms with van der Waals surface area (Å²) in [6.45, 7) is 2.71. The number of nitrogens with zero attached hydrogens (tertiary/aromatic N) is 4. The van der Waals surface area contributed by atoms with Gasteiger partial charge < -0.3 is 14.5 Å². The van der Waals surface area contributed by atoms with Crippen LogP contribution in [0.1, 0.15) is 23.6 Å². The molecule has 3 aromatic rings. The Bertz CT molecular complexity index is 907. The minimum atomic E-state index is 0.0746. The van der Waals surface area contributed by atoms with Crippen LogP contribution in [0.15, 0.2) is 30.5 Å². The van der Waals surface area contributed by atoms with Gasteiger partial charge in [0, 0.05) is 43.2 Å². The van der Waals surface area contributed by atoms with Crippen LogP contribution in [-0.2, 0) is 31.2 Å². The van der Waals surface area contributed by atoms with E-state index >= 15 is 0 Å². The fourth-order valence-electron chi connectivity index (χ4n) is 3.60. The first-order valence-electron chi connectivity index (χ1n) is 8.33. The van der Waals surface area contributed by atoms with Gasteiger partial charge in [-0.25, -0.2) is 0 Å². The SMILES string of the molecule is Cc1nnc2n1CC(NC(=O)Cc1cn(C)c3ccccc13)CC2. The van der Waals surface area contributed by atoms with Crippen molar-refractivity contribution < 1.29 is 4.79 Å². The van der Waals surface area contributed by atoms with Crippen LogP contribution >= 0.6 is 0 Å². The topological polar surface area (TPSA) is 64.7 Å². The van der Waals surface area contributed by atoms with Crippen LogP contribution in [-0.4, -0.2) is 31.3 Å². The lowest BCUT2D eigenvalue weighted by Gasteiger charge is -2.24. The maximum atomic E-state index is 12.5. The second-order valence-electron chi connectivity index (χ2n) is 6.54. The minimum Gasteiger partial charge on any atom is -0.351 e. The summed E-state index contributed by atoms with van der Waals surface area (Å²) in [6.07, 6.45) is 4.23. The molecule has 2 aromatic heterocycles. The fraction of sp³-hybridized carbons (Fsp3) is 0.389. The molecule has 1 amide bonds. The van der Waals surface area contributed by atoms with Gasteiger partial charge in [-0.05, 0) is 25.0 Å². The average molecular weight is 323 g/mol. The second-order valence-corrected chi connectivity index (χ2v) is 6.54. The van der Waals surface area contributed by atoms with Gasteiger partial charge in [0.05, 0.1) is 6.42 Å².